The zero-order chi connectivity index (χ0) is 13.4. The summed E-state index contributed by atoms with van der Waals surface area (Å²) in [4.78, 5) is 24.0. The van der Waals surface area contributed by atoms with E-state index in [1.807, 2.05) is 27.7 Å². The van der Waals surface area contributed by atoms with Crippen LogP contribution in [0.1, 0.15) is 40.5 Å². The maximum Gasteiger partial charge on any atom is 0.352 e. The van der Waals surface area contributed by atoms with E-state index in [-0.39, 0.29) is 17.7 Å². The Morgan fingerprint density at radius 3 is 1.82 bits per heavy atom. The third-order valence-electron chi connectivity index (χ3n) is 2.78. The first-order chi connectivity index (χ1) is 7.72. The van der Waals surface area contributed by atoms with Gasteiger partial charge in [-0.25, -0.2) is 9.21 Å². The van der Waals surface area contributed by atoms with E-state index in [0.29, 0.717) is 12.8 Å². The summed E-state index contributed by atoms with van der Waals surface area (Å²) >= 11 is 9.03. The van der Waals surface area contributed by atoms with Gasteiger partial charge in [0, 0.05) is 11.8 Å². The maximum atomic E-state index is 12.3. The summed E-state index contributed by atoms with van der Waals surface area (Å²) in [6, 6.07) is -0.502. The molecule has 0 aliphatic carbocycles. The molecule has 1 aliphatic rings. The van der Waals surface area contributed by atoms with Crippen LogP contribution >= 0.6 is 27.9 Å². The smallest absolute Gasteiger partial charge is 0.271 e. The molecule has 98 valence electrons. The van der Waals surface area contributed by atoms with E-state index in [1.54, 1.807) is 0 Å². The molecule has 0 atom stereocenters. The van der Waals surface area contributed by atoms with E-state index in [4.69, 9.17) is 11.8 Å². The minimum absolute atomic E-state index is 0.264. The molecule has 0 aromatic heterocycles. The first kappa shape index (κ1) is 14.8. The predicted molar refractivity (Wildman–Crippen MR) is 70.5 cm³/mol. The number of halogens is 2. The van der Waals surface area contributed by atoms with Gasteiger partial charge in [-0.1, -0.05) is 27.7 Å². The predicted octanol–water partition coefficient (Wildman–Crippen LogP) is 3.55. The monoisotopic (exact) mass is 324 g/mol. The minimum Gasteiger partial charge on any atom is -0.271 e. The number of hydrogen-bond donors (Lipinski definition) is 0. The molecule has 1 aliphatic heterocycles. The highest BCUT2D eigenvalue weighted by atomic mass is 79.9. The van der Waals surface area contributed by atoms with Crippen molar-refractivity contribution in [3.8, 4) is 0 Å². The first-order valence-electron chi connectivity index (χ1n) is 5.72. The van der Waals surface area contributed by atoms with E-state index in [2.05, 4.69) is 16.1 Å². The highest BCUT2D eigenvalue weighted by Gasteiger charge is 2.57. The van der Waals surface area contributed by atoms with E-state index in [1.165, 1.54) is 0 Å². The zero-order valence-corrected chi connectivity index (χ0v) is 12.9. The normalized spacial score (nSPS) is 20.0. The van der Waals surface area contributed by atoms with Crippen LogP contribution in [0.15, 0.2) is 0 Å². The third kappa shape index (κ3) is 2.60. The van der Waals surface area contributed by atoms with E-state index < -0.39 is 11.6 Å². The van der Waals surface area contributed by atoms with Crippen LogP contribution in [-0.2, 0) is 4.79 Å². The van der Waals surface area contributed by atoms with Crippen molar-refractivity contribution in [1.29, 1.82) is 0 Å². The Kier molecular flexibility index (Phi) is 4.47. The molecule has 0 bridgehead atoms. The molecule has 1 saturated heterocycles. The van der Waals surface area contributed by atoms with Crippen LogP contribution in [0.4, 0.5) is 4.79 Å². The summed E-state index contributed by atoms with van der Waals surface area (Å²) in [6.07, 6.45) is 1.14. The molecule has 6 heteroatoms. The van der Waals surface area contributed by atoms with Crippen molar-refractivity contribution in [3.05, 3.63) is 0 Å². The number of amides is 3. The van der Waals surface area contributed by atoms with Crippen LogP contribution in [0.25, 0.3) is 0 Å². The Bertz CT molecular complexity index is 323. The molecular weight excluding hydrogens is 307 g/mol. The second kappa shape index (κ2) is 5.14. The lowest BCUT2D eigenvalue weighted by Crippen LogP contribution is -2.47. The van der Waals surface area contributed by atoms with Crippen molar-refractivity contribution >= 4 is 39.9 Å². The van der Waals surface area contributed by atoms with Gasteiger partial charge in [0.2, 0.25) is 0 Å². The molecule has 1 rings (SSSR count). The van der Waals surface area contributed by atoms with Crippen molar-refractivity contribution in [2.45, 2.75) is 46.1 Å². The molecule has 3 amide bonds. The lowest BCUT2D eigenvalue weighted by molar-refractivity contribution is -0.130. The summed E-state index contributed by atoms with van der Waals surface area (Å²) in [6.45, 7) is 8.06. The molecule has 0 N–H and O–H groups in total. The van der Waals surface area contributed by atoms with Crippen LogP contribution in [-0.4, -0.2) is 25.8 Å². The van der Waals surface area contributed by atoms with Gasteiger partial charge >= 0.3 is 6.03 Å². The van der Waals surface area contributed by atoms with Crippen LogP contribution in [0, 0.1) is 11.8 Å². The molecule has 4 nitrogen and oxygen atoms in total. The van der Waals surface area contributed by atoms with Crippen molar-refractivity contribution in [3.63, 3.8) is 0 Å². The van der Waals surface area contributed by atoms with Crippen LogP contribution in [0.3, 0.4) is 0 Å². The highest BCUT2D eigenvalue weighted by Crippen LogP contribution is 2.41. The molecule has 1 heterocycles. The molecule has 0 unspecified atom stereocenters. The van der Waals surface area contributed by atoms with Gasteiger partial charge in [0.15, 0.2) is 0 Å². The van der Waals surface area contributed by atoms with Gasteiger partial charge in [0.1, 0.15) is 5.54 Å². The average molecular weight is 326 g/mol. The molecule has 0 aromatic rings. The van der Waals surface area contributed by atoms with E-state index in [9.17, 15) is 9.59 Å². The van der Waals surface area contributed by atoms with Gasteiger partial charge in [-0.2, -0.15) is 3.93 Å². The Balaban J connectivity index is 3.13. The third-order valence-corrected chi connectivity index (χ3v) is 3.87. The maximum absolute atomic E-state index is 12.3. The van der Waals surface area contributed by atoms with Crippen LogP contribution in [0.5, 0.6) is 0 Å². The number of nitrogens with zero attached hydrogens (tertiary/aromatic N) is 2. The van der Waals surface area contributed by atoms with Gasteiger partial charge in [-0.15, -0.1) is 0 Å². The van der Waals surface area contributed by atoms with Crippen molar-refractivity contribution in [2.24, 2.45) is 11.8 Å². The van der Waals surface area contributed by atoms with Crippen molar-refractivity contribution in [1.82, 2.24) is 8.34 Å². The van der Waals surface area contributed by atoms with E-state index >= 15 is 0 Å². The SMILES string of the molecule is CC(C)CC1(CC(C)C)C(=O)N(Br)C(=O)N1Cl. The summed E-state index contributed by atoms with van der Waals surface area (Å²) in [7, 11) is 0. The lowest BCUT2D eigenvalue weighted by atomic mass is 9.82. The highest BCUT2D eigenvalue weighted by molar-refractivity contribution is 9.08. The molecule has 0 spiro atoms. The van der Waals surface area contributed by atoms with Gasteiger partial charge in [0.05, 0.1) is 16.1 Å². The molecule has 0 radical (unpaired) electrons. The Morgan fingerprint density at radius 1 is 1.18 bits per heavy atom. The summed E-state index contributed by atoms with van der Waals surface area (Å²) in [5, 5.41) is 0. The van der Waals surface area contributed by atoms with Crippen molar-refractivity contribution in [2.75, 3.05) is 0 Å². The fourth-order valence-corrected chi connectivity index (χ4v) is 3.25. The second-order valence-corrected chi connectivity index (χ2v) is 6.42. The Labute approximate surface area is 116 Å². The lowest BCUT2D eigenvalue weighted by Gasteiger charge is -2.33. The number of imide groups is 1. The fraction of sp³-hybridized carbons (Fsp3) is 0.818. The Morgan fingerprint density at radius 2 is 1.59 bits per heavy atom. The summed E-state index contributed by atoms with van der Waals surface area (Å²) < 4.78 is 1.99. The average Bonchev–Trinajstić information content (AvgIpc) is 2.33. The van der Waals surface area contributed by atoms with Gasteiger partial charge in [0.25, 0.3) is 5.91 Å². The number of urea groups is 1. The van der Waals surface area contributed by atoms with Crippen LogP contribution in [0.2, 0.25) is 0 Å². The summed E-state index contributed by atoms with van der Waals surface area (Å²) in [5.41, 5.74) is -0.912. The number of rotatable bonds is 4. The fourth-order valence-electron chi connectivity index (χ4n) is 2.38. The zero-order valence-electron chi connectivity index (χ0n) is 10.5. The van der Waals surface area contributed by atoms with Gasteiger partial charge in [-0.05, 0) is 24.7 Å². The second-order valence-electron chi connectivity index (χ2n) is 5.38. The molecule has 0 saturated carbocycles. The standard InChI is InChI=1S/C11H18BrClN2O2/c1-7(2)5-11(6-8(3)4)9(16)14(12)10(17)15(11)13/h7-8H,5-6H2,1-4H3. The number of carbonyl (C=O) groups excluding carboxylic acids is 2. The first-order valence-corrected chi connectivity index (χ1v) is 6.77. The molecular formula is C11H18BrClN2O2. The van der Waals surface area contributed by atoms with E-state index in [0.717, 1.165) is 8.34 Å². The van der Waals surface area contributed by atoms with Crippen LogP contribution < -0.4 is 0 Å². The molecule has 17 heavy (non-hydrogen) atoms. The number of carbonyl (C=O) groups is 2. The summed E-state index contributed by atoms with van der Waals surface area (Å²) in [5.74, 6) is 0.302. The minimum atomic E-state index is -0.912. The quantitative estimate of drug-likeness (QED) is 0.586. The largest absolute Gasteiger partial charge is 0.352 e. The Hall–Kier alpha value is -0.290. The van der Waals surface area contributed by atoms with Gasteiger partial charge < -0.3 is 0 Å². The number of hydrogen-bond acceptors (Lipinski definition) is 2. The van der Waals surface area contributed by atoms with Crippen molar-refractivity contribution < 1.29 is 9.59 Å². The molecule has 0 aromatic carbocycles. The van der Waals surface area contributed by atoms with Gasteiger partial charge in [-0.3, -0.25) is 4.79 Å². The molecule has 1 fully saturated rings. The topological polar surface area (TPSA) is 40.6 Å².